The molecule has 0 bridgehead atoms. The van der Waals surface area contributed by atoms with E-state index >= 15 is 0 Å². The first kappa shape index (κ1) is 24.8. The van der Waals surface area contributed by atoms with Gasteiger partial charge in [-0.3, -0.25) is 9.59 Å². The van der Waals surface area contributed by atoms with Crippen LogP contribution in [0.3, 0.4) is 0 Å². The maximum atomic E-state index is 13.7. The Morgan fingerprint density at radius 3 is 2.49 bits per heavy atom. The van der Waals surface area contributed by atoms with Crippen molar-refractivity contribution >= 4 is 28.6 Å². The number of rotatable bonds is 6. The van der Waals surface area contributed by atoms with Gasteiger partial charge in [-0.1, -0.05) is 86.1 Å². The van der Waals surface area contributed by atoms with Gasteiger partial charge in [-0.2, -0.15) is 0 Å². The normalized spacial score (nSPS) is 20.3. The molecule has 2 saturated heterocycles. The molecule has 0 aliphatic carbocycles. The molecule has 4 amide bonds. The quantitative estimate of drug-likeness (QED) is 0.563. The number of urea groups is 1. The Morgan fingerprint density at radius 2 is 1.70 bits per heavy atom. The average molecular weight is 500 g/mol. The number of piperazine rings is 1. The molecule has 0 saturated carbocycles. The molecule has 3 aromatic rings. The lowest BCUT2D eigenvalue weighted by Crippen LogP contribution is -2.75. The van der Waals surface area contributed by atoms with Crippen LogP contribution in [0.25, 0.3) is 10.8 Å². The fourth-order valence-electron chi connectivity index (χ4n) is 5.49. The standard InChI is InChI=1S/C29H33N5O3/c1-3-10-25-28(36)32(18-23-15-9-14-22-13-7-8-16-24(22)23)19-26-33(25)27(35)20-31(2)34(26)29(37)30-17-21-11-5-4-6-12-21/h4-9,11-16,25-26H,3,10,17-20H2,1-2H3,(H,30,37)/t25-,26-/m0/s1. The van der Waals surface area contributed by atoms with E-state index in [0.29, 0.717) is 19.5 Å². The maximum absolute atomic E-state index is 13.7. The number of likely N-dealkylation sites (N-methyl/N-ethyl adjacent to an activating group) is 1. The molecule has 0 radical (unpaired) electrons. The number of carbonyl (C=O) groups is 3. The number of hydrazine groups is 1. The zero-order valence-electron chi connectivity index (χ0n) is 21.3. The lowest BCUT2D eigenvalue weighted by atomic mass is 10.00. The summed E-state index contributed by atoms with van der Waals surface area (Å²) >= 11 is 0. The first-order chi connectivity index (χ1) is 18.0. The van der Waals surface area contributed by atoms with E-state index in [9.17, 15) is 14.4 Å². The van der Waals surface area contributed by atoms with Crippen LogP contribution in [-0.2, 0) is 22.7 Å². The van der Waals surface area contributed by atoms with Crippen LogP contribution in [0.4, 0.5) is 4.79 Å². The minimum absolute atomic E-state index is 0.0477. The van der Waals surface area contributed by atoms with E-state index in [1.165, 1.54) is 0 Å². The van der Waals surface area contributed by atoms with Crippen molar-refractivity contribution in [2.75, 3.05) is 20.1 Å². The van der Waals surface area contributed by atoms with Gasteiger partial charge < -0.3 is 15.1 Å². The predicted octanol–water partition coefficient (Wildman–Crippen LogP) is 3.58. The van der Waals surface area contributed by atoms with E-state index in [1.807, 2.05) is 66.4 Å². The fraction of sp³-hybridized carbons (Fsp3) is 0.345. The van der Waals surface area contributed by atoms with Gasteiger partial charge in [0.2, 0.25) is 11.8 Å². The Labute approximate surface area is 217 Å². The van der Waals surface area contributed by atoms with Crippen molar-refractivity contribution in [2.45, 2.75) is 45.1 Å². The van der Waals surface area contributed by atoms with Crippen LogP contribution in [-0.4, -0.2) is 70.0 Å². The van der Waals surface area contributed by atoms with Crippen molar-refractivity contribution < 1.29 is 14.4 Å². The van der Waals surface area contributed by atoms with Crippen LogP contribution in [0.2, 0.25) is 0 Å². The van der Waals surface area contributed by atoms with Crippen LogP contribution in [0.1, 0.15) is 30.9 Å². The number of hydrogen-bond acceptors (Lipinski definition) is 4. The zero-order chi connectivity index (χ0) is 25.9. The number of carbonyl (C=O) groups excluding carboxylic acids is 3. The van der Waals surface area contributed by atoms with Crippen LogP contribution in [0, 0.1) is 0 Å². The van der Waals surface area contributed by atoms with Crippen molar-refractivity contribution in [3.05, 3.63) is 83.9 Å². The van der Waals surface area contributed by atoms with Crippen molar-refractivity contribution in [1.29, 1.82) is 0 Å². The second kappa shape index (κ2) is 10.6. The highest BCUT2D eigenvalue weighted by Gasteiger charge is 2.50. The lowest BCUT2D eigenvalue weighted by Gasteiger charge is -2.54. The summed E-state index contributed by atoms with van der Waals surface area (Å²) in [6, 6.07) is 23.1. The Morgan fingerprint density at radius 1 is 0.973 bits per heavy atom. The largest absolute Gasteiger partial charge is 0.334 e. The van der Waals surface area contributed by atoms with Crippen molar-refractivity contribution in [2.24, 2.45) is 0 Å². The Balaban J connectivity index is 1.44. The van der Waals surface area contributed by atoms with Crippen molar-refractivity contribution in [1.82, 2.24) is 25.1 Å². The topological polar surface area (TPSA) is 76.2 Å². The summed E-state index contributed by atoms with van der Waals surface area (Å²) in [4.78, 5) is 43.9. The lowest BCUT2D eigenvalue weighted by molar-refractivity contribution is -0.188. The van der Waals surface area contributed by atoms with Crippen molar-refractivity contribution in [3.8, 4) is 0 Å². The zero-order valence-corrected chi connectivity index (χ0v) is 21.3. The Kier molecular flexibility index (Phi) is 7.10. The number of hydrogen-bond donors (Lipinski definition) is 1. The Bertz CT molecular complexity index is 1290. The third-order valence-corrected chi connectivity index (χ3v) is 7.24. The van der Waals surface area contributed by atoms with E-state index < -0.39 is 12.2 Å². The van der Waals surface area contributed by atoms with E-state index in [2.05, 4.69) is 23.5 Å². The molecular formula is C29H33N5O3. The number of benzene rings is 3. The van der Waals surface area contributed by atoms with E-state index in [-0.39, 0.29) is 30.9 Å². The van der Waals surface area contributed by atoms with Crippen molar-refractivity contribution in [3.63, 3.8) is 0 Å². The highest BCUT2D eigenvalue weighted by molar-refractivity contribution is 5.92. The van der Waals surface area contributed by atoms with Crippen LogP contribution in [0.15, 0.2) is 72.8 Å². The first-order valence-corrected chi connectivity index (χ1v) is 12.9. The van der Waals surface area contributed by atoms with E-state index in [0.717, 1.165) is 28.3 Å². The highest BCUT2D eigenvalue weighted by atomic mass is 16.2. The molecule has 2 aliphatic rings. The summed E-state index contributed by atoms with van der Waals surface area (Å²) < 4.78 is 0. The van der Waals surface area contributed by atoms with Gasteiger partial charge in [0, 0.05) is 20.1 Å². The monoisotopic (exact) mass is 499 g/mol. The second-order valence-electron chi connectivity index (χ2n) is 9.75. The number of nitrogens with zero attached hydrogens (tertiary/aromatic N) is 4. The smallest absolute Gasteiger partial charge is 0.333 e. The summed E-state index contributed by atoms with van der Waals surface area (Å²) in [6.07, 6.45) is 0.729. The molecule has 8 nitrogen and oxygen atoms in total. The molecule has 3 aromatic carbocycles. The molecule has 37 heavy (non-hydrogen) atoms. The molecule has 0 aromatic heterocycles. The maximum Gasteiger partial charge on any atom is 0.334 e. The number of amides is 4. The first-order valence-electron chi connectivity index (χ1n) is 12.9. The van der Waals surface area contributed by atoms with Crippen LogP contribution < -0.4 is 5.32 Å². The molecule has 2 heterocycles. The molecule has 0 unspecified atom stereocenters. The predicted molar refractivity (Wildman–Crippen MR) is 142 cm³/mol. The van der Waals surface area contributed by atoms with Gasteiger partial charge >= 0.3 is 6.03 Å². The van der Waals surface area contributed by atoms with Gasteiger partial charge in [0.25, 0.3) is 0 Å². The summed E-state index contributed by atoms with van der Waals surface area (Å²) in [6.45, 7) is 3.10. The summed E-state index contributed by atoms with van der Waals surface area (Å²) in [5.74, 6) is -0.190. The molecule has 1 N–H and O–H groups in total. The number of nitrogens with one attached hydrogen (secondary N) is 1. The molecule has 2 atom stereocenters. The molecular weight excluding hydrogens is 466 g/mol. The molecule has 8 heteroatoms. The van der Waals surface area contributed by atoms with Gasteiger partial charge in [-0.05, 0) is 28.3 Å². The summed E-state index contributed by atoms with van der Waals surface area (Å²) in [5.41, 5.74) is 2.04. The van der Waals surface area contributed by atoms with E-state index in [1.54, 1.807) is 22.0 Å². The summed E-state index contributed by atoms with van der Waals surface area (Å²) in [7, 11) is 1.75. The third-order valence-electron chi connectivity index (χ3n) is 7.24. The molecule has 2 fully saturated rings. The van der Waals surface area contributed by atoms with Gasteiger partial charge in [0.05, 0.1) is 13.1 Å². The molecule has 2 aliphatic heterocycles. The Hall–Kier alpha value is -3.91. The minimum Gasteiger partial charge on any atom is -0.333 e. The molecule has 192 valence electrons. The fourth-order valence-corrected chi connectivity index (χ4v) is 5.49. The van der Waals surface area contributed by atoms with Gasteiger partial charge in [-0.15, -0.1) is 0 Å². The van der Waals surface area contributed by atoms with Crippen LogP contribution >= 0.6 is 0 Å². The number of fused-ring (bicyclic) bond motifs is 2. The van der Waals surface area contributed by atoms with Gasteiger partial charge in [0.1, 0.15) is 12.2 Å². The second-order valence-corrected chi connectivity index (χ2v) is 9.75. The van der Waals surface area contributed by atoms with Gasteiger partial charge in [0.15, 0.2) is 0 Å². The van der Waals surface area contributed by atoms with Gasteiger partial charge in [-0.25, -0.2) is 14.8 Å². The SMILES string of the molecule is CCC[C@H]1C(=O)N(Cc2cccc3ccccc23)C[C@H]2N1C(=O)CN(C)N2C(=O)NCc1ccccc1. The third kappa shape index (κ3) is 4.89. The van der Waals surface area contributed by atoms with E-state index in [4.69, 9.17) is 0 Å². The minimum atomic E-state index is -0.593. The summed E-state index contributed by atoms with van der Waals surface area (Å²) in [5, 5.41) is 8.48. The highest BCUT2D eigenvalue weighted by Crippen LogP contribution is 2.30. The van der Waals surface area contributed by atoms with Crippen LogP contribution in [0.5, 0.6) is 0 Å². The molecule has 5 rings (SSSR count). The average Bonchev–Trinajstić information content (AvgIpc) is 2.90. The molecule has 0 spiro atoms.